The maximum atomic E-state index is 12.1. The maximum absolute atomic E-state index is 12.1. The Labute approximate surface area is 160 Å². The van der Waals surface area contributed by atoms with Crippen LogP contribution in [0.15, 0.2) is 53.2 Å². The zero-order chi connectivity index (χ0) is 19.9. The average molecular weight is 385 g/mol. The molecule has 0 spiro atoms. The number of hydrogen-bond acceptors (Lipinski definition) is 7. The molecule has 0 unspecified atom stereocenters. The number of nitrogens with one attached hydrogen (secondary N) is 1. The number of nitrogens with zero attached hydrogens (tertiary/aromatic N) is 2. The summed E-state index contributed by atoms with van der Waals surface area (Å²) in [6.07, 6.45) is 3.42. The Morgan fingerprint density at radius 3 is 2.75 bits per heavy atom. The highest BCUT2D eigenvalue weighted by Crippen LogP contribution is 2.28. The molecule has 0 fully saturated rings. The number of aromatic nitrogens is 2. The molecule has 2 heterocycles. The second kappa shape index (κ2) is 8.76. The molecule has 0 radical (unpaired) electrons. The van der Waals surface area contributed by atoms with Crippen molar-refractivity contribution in [1.29, 1.82) is 0 Å². The van der Waals surface area contributed by atoms with E-state index in [2.05, 4.69) is 10.4 Å². The van der Waals surface area contributed by atoms with Gasteiger partial charge in [0.05, 0.1) is 26.5 Å². The zero-order valence-electron chi connectivity index (χ0n) is 15.4. The van der Waals surface area contributed by atoms with Gasteiger partial charge in [-0.05, 0) is 30.3 Å². The molecule has 2 aromatic heterocycles. The van der Waals surface area contributed by atoms with Gasteiger partial charge in [-0.3, -0.25) is 9.48 Å². The van der Waals surface area contributed by atoms with Gasteiger partial charge in [-0.2, -0.15) is 5.10 Å². The molecule has 1 amide bonds. The largest absolute Gasteiger partial charge is 0.497 e. The van der Waals surface area contributed by atoms with Crippen LogP contribution in [-0.4, -0.2) is 42.5 Å². The lowest BCUT2D eigenvalue weighted by molar-refractivity contribution is -0.119. The fourth-order valence-corrected chi connectivity index (χ4v) is 2.42. The molecule has 28 heavy (non-hydrogen) atoms. The van der Waals surface area contributed by atoms with Gasteiger partial charge in [0.1, 0.15) is 17.3 Å². The van der Waals surface area contributed by atoms with Crippen LogP contribution >= 0.6 is 0 Å². The van der Waals surface area contributed by atoms with Crippen molar-refractivity contribution in [3.63, 3.8) is 0 Å². The zero-order valence-corrected chi connectivity index (χ0v) is 15.4. The molecule has 0 bridgehead atoms. The Morgan fingerprint density at radius 2 is 2.04 bits per heavy atom. The summed E-state index contributed by atoms with van der Waals surface area (Å²) in [7, 11) is 3.00. The predicted octanol–water partition coefficient (Wildman–Crippen LogP) is 2.34. The smallest absolute Gasteiger partial charge is 0.374 e. The summed E-state index contributed by atoms with van der Waals surface area (Å²) in [6.45, 7) is -0.0821. The fraction of sp³-hybridized carbons (Fsp3) is 0.211. The van der Waals surface area contributed by atoms with Crippen molar-refractivity contribution >= 4 is 17.6 Å². The molecule has 146 valence electrons. The lowest BCUT2D eigenvalue weighted by Crippen LogP contribution is -2.21. The van der Waals surface area contributed by atoms with Crippen LogP contribution in [0.25, 0.3) is 0 Å². The fourth-order valence-electron chi connectivity index (χ4n) is 2.42. The highest BCUT2D eigenvalue weighted by molar-refractivity contribution is 5.95. The molecule has 1 aromatic carbocycles. The third-order valence-corrected chi connectivity index (χ3v) is 3.76. The second-order valence-corrected chi connectivity index (χ2v) is 5.66. The van der Waals surface area contributed by atoms with Gasteiger partial charge in [-0.25, -0.2) is 4.79 Å². The summed E-state index contributed by atoms with van der Waals surface area (Å²) in [5.41, 5.74) is 0.434. The molecule has 3 aromatic rings. The number of amides is 1. The van der Waals surface area contributed by atoms with E-state index in [1.165, 1.54) is 20.3 Å². The quantitative estimate of drug-likeness (QED) is 0.593. The Morgan fingerprint density at radius 1 is 1.18 bits per heavy atom. The minimum Gasteiger partial charge on any atom is -0.497 e. The first-order valence-electron chi connectivity index (χ1n) is 8.34. The summed E-state index contributed by atoms with van der Waals surface area (Å²) < 4.78 is 22.4. The molecule has 0 aliphatic rings. The second-order valence-electron chi connectivity index (χ2n) is 5.66. The van der Waals surface area contributed by atoms with Gasteiger partial charge in [0, 0.05) is 18.5 Å². The molecule has 0 saturated heterocycles. The molecule has 0 aliphatic heterocycles. The first kappa shape index (κ1) is 19.0. The van der Waals surface area contributed by atoms with Gasteiger partial charge in [0.2, 0.25) is 5.76 Å². The van der Waals surface area contributed by atoms with Crippen LogP contribution in [0.2, 0.25) is 0 Å². The van der Waals surface area contributed by atoms with Crippen molar-refractivity contribution in [3.05, 3.63) is 60.3 Å². The van der Waals surface area contributed by atoms with Gasteiger partial charge < -0.3 is 23.9 Å². The number of esters is 1. The number of anilines is 1. The molecule has 0 saturated carbocycles. The maximum Gasteiger partial charge on any atom is 0.374 e. The highest BCUT2D eigenvalue weighted by atomic mass is 16.5. The van der Waals surface area contributed by atoms with Crippen molar-refractivity contribution in [2.75, 3.05) is 26.1 Å². The van der Waals surface area contributed by atoms with Crippen LogP contribution < -0.4 is 14.8 Å². The Bertz CT molecular complexity index is 948. The topological polar surface area (TPSA) is 105 Å². The van der Waals surface area contributed by atoms with Crippen LogP contribution in [0.3, 0.4) is 0 Å². The molecule has 9 heteroatoms. The van der Waals surface area contributed by atoms with E-state index in [1.807, 2.05) is 0 Å². The van der Waals surface area contributed by atoms with E-state index in [0.29, 0.717) is 29.5 Å². The van der Waals surface area contributed by atoms with Gasteiger partial charge in [0.15, 0.2) is 6.61 Å². The monoisotopic (exact) mass is 385 g/mol. The molecular formula is C19H19N3O6. The third-order valence-electron chi connectivity index (χ3n) is 3.76. The molecule has 1 N–H and O–H groups in total. The standard InChI is InChI=1S/C19H19N3O6/c1-25-13-4-6-15(17(10-13)26-2)21-18(23)12-27-19(24)16-7-5-14(28-16)11-22-9-3-8-20-22/h3-10H,11-12H2,1-2H3,(H,21,23). The van der Waals surface area contributed by atoms with Gasteiger partial charge in [-0.1, -0.05) is 0 Å². The number of rotatable bonds is 8. The van der Waals surface area contributed by atoms with E-state index in [-0.39, 0.29) is 5.76 Å². The van der Waals surface area contributed by atoms with Crippen LogP contribution in [0.1, 0.15) is 16.3 Å². The summed E-state index contributed by atoms with van der Waals surface area (Å²) in [5.74, 6) is 0.321. The minimum atomic E-state index is -0.733. The van der Waals surface area contributed by atoms with Crippen LogP contribution in [-0.2, 0) is 16.1 Å². The Kier molecular flexibility index (Phi) is 5.95. The van der Waals surface area contributed by atoms with Crippen LogP contribution in [0, 0.1) is 0 Å². The number of benzene rings is 1. The van der Waals surface area contributed by atoms with E-state index in [4.69, 9.17) is 18.6 Å². The SMILES string of the molecule is COc1ccc(NC(=O)COC(=O)c2ccc(Cn3cccn3)o2)c(OC)c1. The Hall–Kier alpha value is -3.75. The van der Waals surface area contributed by atoms with Crippen LogP contribution in [0.4, 0.5) is 5.69 Å². The van der Waals surface area contributed by atoms with Crippen molar-refractivity contribution in [2.24, 2.45) is 0 Å². The number of methoxy groups -OCH3 is 2. The first-order chi connectivity index (χ1) is 13.6. The molecule has 9 nitrogen and oxygen atoms in total. The van der Waals surface area contributed by atoms with Crippen molar-refractivity contribution in [1.82, 2.24) is 9.78 Å². The number of hydrogen-bond donors (Lipinski definition) is 1. The number of ether oxygens (including phenoxy) is 3. The van der Waals surface area contributed by atoms with Crippen molar-refractivity contribution < 1.29 is 28.2 Å². The van der Waals surface area contributed by atoms with E-state index in [0.717, 1.165) is 0 Å². The van der Waals surface area contributed by atoms with E-state index < -0.39 is 18.5 Å². The van der Waals surface area contributed by atoms with Crippen LogP contribution in [0.5, 0.6) is 11.5 Å². The van der Waals surface area contributed by atoms with Gasteiger partial charge in [-0.15, -0.1) is 0 Å². The minimum absolute atomic E-state index is 0.0111. The number of carbonyl (C=O) groups excluding carboxylic acids is 2. The molecular weight excluding hydrogens is 366 g/mol. The molecule has 0 atom stereocenters. The molecule has 3 rings (SSSR count). The third kappa shape index (κ3) is 4.70. The normalized spacial score (nSPS) is 10.4. The lowest BCUT2D eigenvalue weighted by atomic mass is 10.2. The summed E-state index contributed by atoms with van der Waals surface area (Å²) in [6, 6.07) is 9.87. The van der Waals surface area contributed by atoms with Crippen molar-refractivity contribution in [3.8, 4) is 11.5 Å². The Balaban J connectivity index is 1.53. The highest BCUT2D eigenvalue weighted by Gasteiger charge is 2.16. The predicted molar refractivity (Wildman–Crippen MR) is 98.5 cm³/mol. The first-order valence-corrected chi connectivity index (χ1v) is 8.34. The number of carbonyl (C=O) groups is 2. The number of furan rings is 1. The lowest BCUT2D eigenvalue weighted by Gasteiger charge is -2.11. The van der Waals surface area contributed by atoms with Crippen molar-refractivity contribution in [2.45, 2.75) is 6.54 Å². The van der Waals surface area contributed by atoms with E-state index >= 15 is 0 Å². The average Bonchev–Trinajstić information content (AvgIpc) is 3.39. The summed E-state index contributed by atoms with van der Waals surface area (Å²) >= 11 is 0. The van der Waals surface area contributed by atoms with E-state index in [1.54, 1.807) is 47.4 Å². The summed E-state index contributed by atoms with van der Waals surface area (Å²) in [4.78, 5) is 24.1. The molecule has 0 aliphatic carbocycles. The summed E-state index contributed by atoms with van der Waals surface area (Å²) in [5, 5.41) is 6.68. The van der Waals surface area contributed by atoms with Gasteiger partial charge >= 0.3 is 5.97 Å². The van der Waals surface area contributed by atoms with Gasteiger partial charge in [0.25, 0.3) is 5.91 Å². The van der Waals surface area contributed by atoms with E-state index in [9.17, 15) is 9.59 Å².